The first-order valence-corrected chi connectivity index (χ1v) is 17.2. The average molecular weight is 652 g/mol. The maximum absolute atomic E-state index is 14.0. The summed E-state index contributed by atoms with van der Waals surface area (Å²) in [6.45, 7) is 6.40. The second-order valence-electron chi connectivity index (χ2n) is 13.3. The summed E-state index contributed by atoms with van der Waals surface area (Å²) in [5, 5.41) is 16.5. The molecule has 6 rings (SSSR count). The van der Waals surface area contributed by atoms with Crippen LogP contribution in [0.25, 0.3) is 0 Å². The summed E-state index contributed by atoms with van der Waals surface area (Å²) in [4.78, 5) is 46.3. The van der Waals surface area contributed by atoms with Crippen LogP contribution in [0.15, 0.2) is 36.4 Å². The molecule has 1 atom stereocenters. The fourth-order valence-corrected chi connectivity index (χ4v) is 8.01. The molecule has 0 saturated carbocycles. The Morgan fingerprint density at radius 1 is 0.978 bits per heavy atom. The van der Waals surface area contributed by atoms with Crippen LogP contribution in [0, 0.1) is 18.8 Å². The lowest BCUT2D eigenvalue weighted by atomic mass is 9.80. The van der Waals surface area contributed by atoms with Crippen LogP contribution in [0.5, 0.6) is 5.75 Å². The van der Waals surface area contributed by atoms with Gasteiger partial charge in [-0.05, 0) is 92.5 Å². The van der Waals surface area contributed by atoms with Crippen molar-refractivity contribution in [2.24, 2.45) is 11.8 Å². The number of amides is 5. The Kier molecular flexibility index (Phi) is 10.2. The number of hydrogen-bond donors (Lipinski definition) is 3. The number of phenolic OH excluding ortho intramolecular Hbond substituents is 1. The molecule has 0 aromatic heterocycles. The predicted octanol–water partition coefficient (Wildman–Crippen LogP) is 5.19. The molecule has 4 aliphatic heterocycles. The van der Waals surface area contributed by atoms with Gasteiger partial charge in [0.1, 0.15) is 11.8 Å². The van der Waals surface area contributed by atoms with Crippen LogP contribution in [0.4, 0.5) is 15.3 Å². The van der Waals surface area contributed by atoms with Crippen molar-refractivity contribution in [1.29, 1.82) is 0 Å². The van der Waals surface area contributed by atoms with Gasteiger partial charge in [-0.15, -0.1) is 0 Å². The molecule has 2 aromatic rings. The normalized spacial score (nSPS) is 20.9. The van der Waals surface area contributed by atoms with Crippen molar-refractivity contribution < 1.29 is 24.2 Å². The summed E-state index contributed by atoms with van der Waals surface area (Å²) in [6.07, 6.45) is 6.50. The fraction of sp³-hybridized carbons (Fsp3) is 0.571. The van der Waals surface area contributed by atoms with Gasteiger partial charge in [-0.2, -0.15) is 0 Å². The van der Waals surface area contributed by atoms with Gasteiger partial charge in [-0.1, -0.05) is 35.9 Å². The molecule has 0 spiro atoms. The minimum Gasteiger partial charge on any atom is -0.506 e. The average Bonchev–Trinajstić information content (AvgIpc) is 3.25. The van der Waals surface area contributed by atoms with Gasteiger partial charge >= 0.3 is 12.1 Å². The SMILES string of the molecule is Cc1cc(C[C@@H](NC(=O)N2CCC(N3CCc4ccccc4NC3=O)CC2)C(=O)N2CCC(C3CCOCC3)CC2)cc(Cl)c1O. The van der Waals surface area contributed by atoms with E-state index < -0.39 is 6.04 Å². The number of aryl methyl sites for hydroxylation is 1. The third-order valence-electron chi connectivity index (χ3n) is 10.5. The molecule has 0 radical (unpaired) electrons. The zero-order valence-corrected chi connectivity index (χ0v) is 27.4. The minimum absolute atomic E-state index is 0.0253. The van der Waals surface area contributed by atoms with Gasteiger partial charge in [0, 0.05) is 64.1 Å². The number of benzene rings is 2. The fourth-order valence-electron chi connectivity index (χ4n) is 7.72. The number of halogens is 1. The van der Waals surface area contributed by atoms with Gasteiger partial charge in [0.15, 0.2) is 0 Å². The molecule has 3 fully saturated rings. The Labute approximate surface area is 276 Å². The lowest BCUT2D eigenvalue weighted by Crippen LogP contribution is -2.57. The number of phenols is 1. The van der Waals surface area contributed by atoms with E-state index in [0.29, 0.717) is 63.0 Å². The molecule has 11 heteroatoms. The number of para-hydroxylation sites is 1. The van der Waals surface area contributed by atoms with Crippen LogP contribution in [0.3, 0.4) is 0 Å². The number of carbonyl (C=O) groups excluding carboxylic acids is 3. The lowest BCUT2D eigenvalue weighted by Gasteiger charge is -2.40. The van der Waals surface area contributed by atoms with E-state index in [2.05, 4.69) is 10.6 Å². The molecule has 4 heterocycles. The molecule has 248 valence electrons. The number of ether oxygens (including phenoxy) is 1. The van der Waals surface area contributed by atoms with Crippen molar-refractivity contribution in [3.05, 3.63) is 58.1 Å². The third kappa shape index (κ3) is 7.39. The first-order chi connectivity index (χ1) is 22.3. The molecule has 0 bridgehead atoms. The molecular formula is C35H46ClN5O5. The Bertz CT molecular complexity index is 1390. The highest BCUT2D eigenvalue weighted by molar-refractivity contribution is 6.32. The van der Waals surface area contributed by atoms with Crippen LogP contribution < -0.4 is 10.6 Å². The smallest absolute Gasteiger partial charge is 0.322 e. The number of nitrogens with zero attached hydrogens (tertiary/aromatic N) is 3. The molecule has 10 nitrogen and oxygen atoms in total. The topological polar surface area (TPSA) is 114 Å². The number of carbonyl (C=O) groups is 3. The van der Waals surface area contributed by atoms with Crippen molar-refractivity contribution >= 4 is 35.3 Å². The highest BCUT2D eigenvalue weighted by Crippen LogP contribution is 2.33. The van der Waals surface area contributed by atoms with Crippen LogP contribution in [0.1, 0.15) is 55.2 Å². The quantitative estimate of drug-likeness (QED) is 0.398. The largest absolute Gasteiger partial charge is 0.506 e. The number of piperidine rings is 2. The van der Waals surface area contributed by atoms with Crippen LogP contribution in [0.2, 0.25) is 5.02 Å². The van der Waals surface area contributed by atoms with E-state index in [1.165, 1.54) is 0 Å². The number of hydrogen-bond acceptors (Lipinski definition) is 5. The summed E-state index contributed by atoms with van der Waals surface area (Å²) in [6, 6.07) is 10.3. The van der Waals surface area contributed by atoms with E-state index in [1.807, 2.05) is 40.1 Å². The van der Waals surface area contributed by atoms with Crippen LogP contribution in [-0.4, -0.2) is 95.8 Å². The number of likely N-dealkylation sites (tertiary alicyclic amines) is 2. The first-order valence-electron chi connectivity index (χ1n) is 16.8. The Morgan fingerprint density at radius 2 is 1.65 bits per heavy atom. The highest BCUT2D eigenvalue weighted by atomic mass is 35.5. The summed E-state index contributed by atoms with van der Waals surface area (Å²) < 4.78 is 5.55. The van der Waals surface area contributed by atoms with Gasteiger partial charge < -0.3 is 35.2 Å². The van der Waals surface area contributed by atoms with Crippen molar-refractivity contribution in [3.63, 3.8) is 0 Å². The predicted molar refractivity (Wildman–Crippen MR) is 177 cm³/mol. The summed E-state index contributed by atoms with van der Waals surface area (Å²) >= 11 is 6.29. The monoisotopic (exact) mass is 651 g/mol. The number of nitrogens with one attached hydrogen (secondary N) is 2. The van der Waals surface area contributed by atoms with Crippen molar-refractivity contribution in [2.75, 3.05) is 51.3 Å². The Morgan fingerprint density at radius 3 is 2.37 bits per heavy atom. The molecule has 0 unspecified atom stereocenters. The van der Waals surface area contributed by atoms with Gasteiger partial charge in [0.05, 0.1) is 5.02 Å². The standard InChI is InChI=1S/C35H46ClN5O5/c1-23-20-24(21-29(36)32(23)42)22-31(33(43)39-13-6-25(7-14-39)26-11-18-46-19-12-26)38-34(44)40-15-9-28(10-16-40)41-17-8-27-4-2-3-5-30(27)37-35(41)45/h2-5,20-21,25-26,28,31,42H,6-19,22H2,1H3,(H,37,45)(H,38,44)/t31-/m1/s1. The summed E-state index contributed by atoms with van der Waals surface area (Å²) in [7, 11) is 0. The minimum atomic E-state index is -0.764. The molecular weight excluding hydrogens is 606 g/mol. The second kappa shape index (κ2) is 14.5. The van der Waals surface area contributed by atoms with Crippen molar-refractivity contribution in [3.8, 4) is 5.75 Å². The molecule has 3 N–H and O–H groups in total. The molecule has 5 amide bonds. The van der Waals surface area contributed by atoms with E-state index in [1.54, 1.807) is 17.9 Å². The van der Waals surface area contributed by atoms with Crippen LogP contribution in [-0.2, 0) is 22.4 Å². The van der Waals surface area contributed by atoms with Gasteiger partial charge in [0.25, 0.3) is 0 Å². The number of anilines is 1. The Balaban J connectivity index is 1.09. The second-order valence-corrected chi connectivity index (χ2v) is 13.7. The molecule has 4 aliphatic rings. The summed E-state index contributed by atoms with van der Waals surface area (Å²) in [5.41, 5.74) is 3.40. The van der Waals surface area contributed by atoms with Gasteiger partial charge in [0.2, 0.25) is 5.91 Å². The van der Waals surface area contributed by atoms with E-state index in [0.717, 1.165) is 62.1 Å². The number of aromatic hydroxyl groups is 1. The number of rotatable bonds is 6. The zero-order chi connectivity index (χ0) is 32.2. The maximum atomic E-state index is 14.0. The van der Waals surface area contributed by atoms with E-state index in [-0.39, 0.29) is 41.2 Å². The van der Waals surface area contributed by atoms with Gasteiger partial charge in [-0.3, -0.25) is 4.79 Å². The number of fused-ring (bicyclic) bond motifs is 1. The molecule has 46 heavy (non-hydrogen) atoms. The molecule has 3 saturated heterocycles. The number of urea groups is 2. The molecule has 2 aromatic carbocycles. The lowest BCUT2D eigenvalue weighted by molar-refractivity contribution is -0.135. The van der Waals surface area contributed by atoms with E-state index in [9.17, 15) is 19.5 Å². The van der Waals surface area contributed by atoms with E-state index >= 15 is 0 Å². The maximum Gasteiger partial charge on any atom is 0.322 e. The van der Waals surface area contributed by atoms with Crippen LogP contribution >= 0.6 is 11.6 Å². The molecule has 0 aliphatic carbocycles. The summed E-state index contributed by atoms with van der Waals surface area (Å²) in [5.74, 6) is 1.19. The third-order valence-corrected chi connectivity index (χ3v) is 10.8. The van der Waals surface area contributed by atoms with Gasteiger partial charge in [-0.25, -0.2) is 9.59 Å². The first kappa shape index (κ1) is 32.4. The van der Waals surface area contributed by atoms with Crippen molar-refractivity contribution in [2.45, 2.75) is 70.4 Å². The zero-order valence-electron chi connectivity index (χ0n) is 26.7. The highest BCUT2D eigenvalue weighted by Gasteiger charge is 2.35. The Hall–Kier alpha value is -3.50. The van der Waals surface area contributed by atoms with Crippen molar-refractivity contribution in [1.82, 2.24) is 20.0 Å². The van der Waals surface area contributed by atoms with E-state index in [4.69, 9.17) is 16.3 Å².